The maximum Gasteiger partial charge on any atom is 0.407 e. The number of alkyl carbamates (subject to hydrolysis) is 1. The zero-order valence-electron chi connectivity index (χ0n) is 30.8. The average molecular weight is 729 g/mol. The van der Waals surface area contributed by atoms with E-state index < -0.39 is 23.3 Å². The van der Waals surface area contributed by atoms with Crippen molar-refractivity contribution in [3.8, 4) is 35.4 Å². The molecule has 3 fully saturated rings. The number of hydrogen-bond acceptors (Lipinski definition) is 10. The number of rotatable bonds is 9. The first-order valence-corrected chi connectivity index (χ1v) is 18.3. The highest BCUT2D eigenvalue weighted by atomic mass is 19.1. The van der Waals surface area contributed by atoms with Crippen molar-refractivity contribution in [2.45, 2.75) is 82.9 Å². The number of benzene rings is 2. The summed E-state index contributed by atoms with van der Waals surface area (Å²) >= 11 is 0. The molecule has 0 aliphatic carbocycles. The van der Waals surface area contributed by atoms with Crippen LogP contribution < -0.4 is 19.7 Å². The monoisotopic (exact) mass is 728 g/mol. The second-order valence-electron chi connectivity index (χ2n) is 15.2. The zero-order chi connectivity index (χ0) is 37.3. The number of halogens is 2. The number of nitrogens with one attached hydrogen (secondary N) is 1. The lowest BCUT2D eigenvalue weighted by Gasteiger charge is -2.31. The number of terminal acetylenes is 1. The molecule has 11 nitrogen and oxygen atoms in total. The Morgan fingerprint density at radius 1 is 1.08 bits per heavy atom. The number of nitrogens with zero attached hydrogens (tertiary/aromatic N) is 5. The van der Waals surface area contributed by atoms with Gasteiger partial charge in [-0.05, 0) is 102 Å². The SMILES string of the molecule is C#Cc1c(F)ccc2cc(OCOC)cc(-c3ncc4c(N5CCCC[C@@H](NC(=O)OC(C)(C)C)C5)nc(OCC56CCCN5CCC6)nc4c3F)c12. The number of amides is 1. The number of ether oxygens (including phenoxy) is 4. The molecule has 0 unspecified atom stereocenters. The number of carbonyl (C=O) groups is 1. The minimum atomic E-state index is -0.742. The number of carbonyl (C=O) groups excluding carboxylic acids is 1. The van der Waals surface area contributed by atoms with Crippen molar-refractivity contribution in [3.63, 3.8) is 0 Å². The summed E-state index contributed by atoms with van der Waals surface area (Å²) in [5, 5.41) is 4.25. The van der Waals surface area contributed by atoms with Crippen LogP contribution in [-0.4, -0.2) is 89.8 Å². The maximum absolute atomic E-state index is 17.3. The minimum Gasteiger partial charge on any atom is -0.468 e. The molecule has 1 N–H and O–H groups in total. The van der Waals surface area contributed by atoms with Crippen LogP contribution in [0.5, 0.6) is 11.8 Å². The van der Waals surface area contributed by atoms with Crippen LogP contribution >= 0.6 is 0 Å². The van der Waals surface area contributed by atoms with E-state index in [2.05, 4.69) is 26.1 Å². The molecule has 2 aromatic carbocycles. The highest BCUT2D eigenvalue weighted by Crippen LogP contribution is 2.41. The summed E-state index contributed by atoms with van der Waals surface area (Å²) in [6, 6.07) is 5.91. The molecule has 0 spiro atoms. The van der Waals surface area contributed by atoms with Gasteiger partial charge in [-0.3, -0.25) is 9.88 Å². The Balaban J connectivity index is 1.34. The standard InChI is InChI=1S/C40H46F2N6O5/c1-6-28-31(41)13-12-25-19-27(52-24-50-5)20-29(32(25)28)34-33(42)35-30(21-43-34)36(46-37(45-35)51-23-40-14-9-17-48(40)18-10-15-40)47-16-8-7-11-26(22-47)44-38(49)53-39(2,3)4/h1,12-13,19-21,26H,7-11,14-18,22-24H2,2-5H3,(H,44,49)/t26-/m1/s1. The van der Waals surface area contributed by atoms with Crippen LogP contribution in [0.4, 0.5) is 19.4 Å². The molecule has 3 saturated heterocycles. The Hall–Kier alpha value is -4.80. The van der Waals surface area contributed by atoms with E-state index in [1.54, 1.807) is 18.2 Å². The first-order valence-electron chi connectivity index (χ1n) is 18.3. The van der Waals surface area contributed by atoms with Gasteiger partial charge in [0.15, 0.2) is 12.6 Å². The smallest absolute Gasteiger partial charge is 0.407 e. The summed E-state index contributed by atoms with van der Waals surface area (Å²) in [7, 11) is 1.49. The molecular weight excluding hydrogens is 682 g/mol. The topological polar surface area (TPSA) is 111 Å². The van der Waals surface area contributed by atoms with Gasteiger partial charge in [-0.25, -0.2) is 13.6 Å². The van der Waals surface area contributed by atoms with Gasteiger partial charge in [0, 0.05) is 43.4 Å². The third kappa shape index (κ3) is 7.53. The van der Waals surface area contributed by atoms with E-state index >= 15 is 8.78 Å². The Morgan fingerprint density at radius 2 is 1.87 bits per heavy atom. The Bertz CT molecular complexity index is 2050. The molecule has 0 radical (unpaired) electrons. The van der Waals surface area contributed by atoms with Crippen molar-refractivity contribution < 1.29 is 32.5 Å². The molecule has 1 amide bonds. The van der Waals surface area contributed by atoms with Crippen LogP contribution in [0, 0.1) is 24.0 Å². The van der Waals surface area contributed by atoms with Gasteiger partial charge in [0.25, 0.3) is 0 Å². The fourth-order valence-corrected chi connectivity index (χ4v) is 8.05. The van der Waals surface area contributed by atoms with Crippen molar-refractivity contribution in [3.05, 3.63) is 47.7 Å². The van der Waals surface area contributed by atoms with Crippen LogP contribution in [-0.2, 0) is 9.47 Å². The maximum atomic E-state index is 17.3. The normalized spacial score (nSPS) is 18.8. The van der Waals surface area contributed by atoms with Gasteiger partial charge in [-0.2, -0.15) is 9.97 Å². The summed E-state index contributed by atoms with van der Waals surface area (Å²) in [4.78, 5) is 31.5. The Kier molecular flexibility index (Phi) is 10.3. The van der Waals surface area contributed by atoms with Gasteiger partial charge in [-0.1, -0.05) is 12.0 Å². The van der Waals surface area contributed by atoms with Crippen molar-refractivity contribution in [1.29, 1.82) is 0 Å². The van der Waals surface area contributed by atoms with E-state index in [1.165, 1.54) is 19.4 Å². The number of methoxy groups -OCH3 is 1. The fraction of sp³-hybridized carbons (Fsp3) is 0.500. The van der Waals surface area contributed by atoms with Gasteiger partial charge in [-0.15, -0.1) is 6.42 Å². The second kappa shape index (κ2) is 14.9. The molecule has 1 atom stereocenters. The van der Waals surface area contributed by atoms with Crippen molar-refractivity contribution in [2.75, 3.05) is 51.6 Å². The summed E-state index contributed by atoms with van der Waals surface area (Å²) in [5.41, 5.74) is -0.604. The molecule has 53 heavy (non-hydrogen) atoms. The zero-order valence-corrected chi connectivity index (χ0v) is 30.8. The highest BCUT2D eigenvalue weighted by molar-refractivity contribution is 6.03. The van der Waals surface area contributed by atoms with Crippen LogP contribution in [0.2, 0.25) is 0 Å². The first-order chi connectivity index (χ1) is 25.5. The third-order valence-corrected chi connectivity index (χ3v) is 10.4. The molecular formula is C40H46F2N6O5. The van der Waals surface area contributed by atoms with Gasteiger partial charge < -0.3 is 29.2 Å². The lowest BCUT2D eigenvalue weighted by molar-refractivity contribution is 0.0502. The van der Waals surface area contributed by atoms with E-state index in [4.69, 9.17) is 30.4 Å². The van der Waals surface area contributed by atoms with Crippen molar-refractivity contribution in [2.24, 2.45) is 0 Å². The Morgan fingerprint density at radius 3 is 2.60 bits per heavy atom. The lowest BCUT2D eigenvalue weighted by atomic mass is 9.95. The van der Waals surface area contributed by atoms with Crippen LogP contribution in [0.25, 0.3) is 32.9 Å². The molecule has 5 heterocycles. The number of anilines is 1. The number of fused-ring (bicyclic) bond motifs is 3. The molecule has 13 heteroatoms. The summed E-state index contributed by atoms with van der Waals surface area (Å²) in [6.07, 6.45) is 13.5. The van der Waals surface area contributed by atoms with E-state index in [0.29, 0.717) is 47.4 Å². The predicted octanol–water partition coefficient (Wildman–Crippen LogP) is 6.98. The fourth-order valence-electron chi connectivity index (χ4n) is 8.05. The van der Waals surface area contributed by atoms with Crippen LogP contribution in [0.15, 0.2) is 30.5 Å². The molecule has 3 aliphatic heterocycles. The molecule has 0 bridgehead atoms. The average Bonchev–Trinajstić information content (AvgIpc) is 3.62. The first kappa shape index (κ1) is 36.6. The number of hydrogen-bond donors (Lipinski definition) is 1. The van der Waals surface area contributed by atoms with Gasteiger partial charge in [0.1, 0.15) is 40.8 Å². The second-order valence-corrected chi connectivity index (χ2v) is 15.2. The van der Waals surface area contributed by atoms with E-state index in [1.807, 2.05) is 25.7 Å². The number of pyridine rings is 1. The van der Waals surface area contributed by atoms with Crippen LogP contribution in [0.1, 0.15) is 71.3 Å². The number of aromatic nitrogens is 3. The minimum absolute atomic E-state index is 0.00174. The highest BCUT2D eigenvalue weighted by Gasteiger charge is 2.45. The van der Waals surface area contributed by atoms with Gasteiger partial charge >= 0.3 is 12.1 Å². The lowest BCUT2D eigenvalue weighted by Crippen LogP contribution is -2.45. The Labute approximate surface area is 308 Å². The van der Waals surface area contributed by atoms with Crippen molar-refractivity contribution in [1.82, 2.24) is 25.2 Å². The summed E-state index contributed by atoms with van der Waals surface area (Å²) in [5.74, 6) is 1.90. The van der Waals surface area contributed by atoms with Gasteiger partial charge in [0.05, 0.1) is 16.5 Å². The molecule has 7 rings (SSSR count). The van der Waals surface area contributed by atoms with E-state index in [0.717, 1.165) is 58.0 Å². The van der Waals surface area contributed by atoms with Crippen LogP contribution in [0.3, 0.4) is 0 Å². The molecule has 4 aromatic rings. The third-order valence-electron chi connectivity index (χ3n) is 10.4. The van der Waals surface area contributed by atoms with E-state index in [-0.39, 0.29) is 46.7 Å². The molecule has 0 saturated carbocycles. The predicted molar refractivity (Wildman–Crippen MR) is 198 cm³/mol. The molecule has 2 aromatic heterocycles. The van der Waals surface area contributed by atoms with Crippen molar-refractivity contribution >= 4 is 33.6 Å². The largest absolute Gasteiger partial charge is 0.468 e. The summed E-state index contributed by atoms with van der Waals surface area (Å²) in [6.45, 7) is 8.85. The molecule has 3 aliphatic rings. The quantitative estimate of drug-likeness (QED) is 0.143. The van der Waals surface area contributed by atoms with Gasteiger partial charge in [0.2, 0.25) is 0 Å². The summed E-state index contributed by atoms with van der Waals surface area (Å²) < 4.78 is 55.2. The molecule has 280 valence electrons. The van der Waals surface area contributed by atoms with E-state index in [9.17, 15) is 4.79 Å².